The fraction of sp³-hybridized carbons (Fsp3) is 0.833. The molecule has 2 unspecified atom stereocenters. The van der Waals surface area contributed by atoms with Crippen molar-refractivity contribution in [3.63, 3.8) is 0 Å². The summed E-state index contributed by atoms with van der Waals surface area (Å²) < 4.78 is 11.1. The molecule has 0 aromatic carbocycles. The third-order valence-electron chi connectivity index (χ3n) is 3.70. The van der Waals surface area contributed by atoms with Crippen molar-refractivity contribution >= 4 is 0 Å². The Labute approximate surface area is 107 Å². The van der Waals surface area contributed by atoms with Crippen molar-refractivity contribution in [2.24, 2.45) is 0 Å². The maximum absolute atomic E-state index is 5.72. The van der Waals surface area contributed by atoms with Gasteiger partial charge in [0.25, 0.3) is 0 Å². The SMILES string of the molecule is CCN1CCOC(c2noc(C3CCCN3)n2)C1. The van der Waals surface area contributed by atoms with Crippen LogP contribution in [0.15, 0.2) is 4.52 Å². The van der Waals surface area contributed by atoms with E-state index in [1.165, 1.54) is 6.42 Å². The van der Waals surface area contributed by atoms with Crippen molar-refractivity contribution in [1.29, 1.82) is 0 Å². The first-order valence-corrected chi connectivity index (χ1v) is 6.77. The van der Waals surface area contributed by atoms with Gasteiger partial charge in [-0.2, -0.15) is 4.98 Å². The normalized spacial score (nSPS) is 29.8. The molecule has 1 aromatic heterocycles. The molecule has 3 heterocycles. The quantitative estimate of drug-likeness (QED) is 0.862. The van der Waals surface area contributed by atoms with Crippen molar-refractivity contribution < 1.29 is 9.26 Å². The van der Waals surface area contributed by atoms with Crippen LogP contribution in [0, 0.1) is 0 Å². The topological polar surface area (TPSA) is 63.4 Å². The van der Waals surface area contributed by atoms with Crippen molar-refractivity contribution in [3.8, 4) is 0 Å². The number of rotatable bonds is 3. The van der Waals surface area contributed by atoms with Gasteiger partial charge < -0.3 is 14.6 Å². The van der Waals surface area contributed by atoms with Crippen LogP contribution in [0.1, 0.15) is 43.6 Å². The first-order valence-electron chi connectivity index (χ1n) is 6.77. The zero-order valence-corrected chi connectivity index (χ0v) is 10.8. The van der Waals surface area contributed by atoms with Crippen LogP contribution < -0.4 is 5.32 Å². The standard InChI is InChI=1S/C12H20N4O2/c1-2-16-6-7-17-10(8-16)11-14-12(18-15-11)9-4-3-5-13-9/h9-10,13H,2-8H2,1H3. The lowest BCUT2D eigenvalue weighted by atomic mass is 10.2. The number of hydrogen-bond donors (Lipinski definition) is 1. The smallest absolute Gasteiger partial charge is 0.243 e. The molecule has 0 radical (unpaired) electrons. The molecule has 2 atom stereocenters. The summed E-state index contributed by atoms with van der Waals surface area (Å²) >= 11 is 0. The van der Waals surface area contributed by atoms with Gasteiger partial charge in [-0.3, -0.25) is 4.90 Å². The van der Waals surface area contributed by atoms with E-state index >= 15 is 0 Å². The molecule has 0 amide bonds. The third kappa shape index (κ3) is 2.41. The second kappa shape index (κ2) is 5.34. The van der Waals surface area contributed by atoms with E-state index in [1.807, 2.05) is 0 Å². The lowest BCUT2D eigenvalue weighted by molar-refractivity contribution is -0.0334. The average molecular weight is 252 g/mol. The Balaban J connectivity index is 1.68. The van der Waals surface area contributed by atoms with Crippen LogP contribution in [0.2, 0.25) is 0 Å². The van der Waals surface area contributed by atoms with Crippen LogP contribution in [0.4, 0.5) is 0 Å². The Morgan fingerprint density at radius 1 is 1.50 bits per heavy atom. The fourth-order valence-electron chi connectivity index (χ4n) is 2.56. The van der Waals surface area contributed by atoms with Gasteiger partial charge in [0.05, 0.1) is 12.6 Å². The summed E-state index contributed by atoms with van der Waals surface area (Å²) in [5.74, 6) is 1.40. The molecule has 2 aliphatic rings. The van der Waals surface area contributed by atoms with Gasteiger partial charge in [-0.25, -0.2) is 0 Å². The summed E-state index contributed by atoms with van der Waals surface area (Å²) in [5.41, 5.74) is 0. The molecule has 18 heavy (non-hydrogen) atoms. The van der Waals surface area contributed by atoms with Gasteiger partial charge in [-0.1, -0.05) is 12.1 Å². The highest BCUT2D eigenvalue weighted by Crippen LogP contribution is 2.24. The van der Waals surface area contributed by atoms with Gasteiger partial charge in [-0.15, -0.1) is 0 Å². The summed E-state index contributed by atoms with van der Waals surface area (Å²) in [5, 5.41) is 7.44. The number of likely N-dealkylation sites (N-methyl/N-ethyl adjacent to an activating group) is 1. The highest BCUT2D eigenvalue weighted by Gasteiger charge is 2.28. The highest BCUT2D eigenvalue weighted by atomic mass is 16.5. The first-order chi connectivity index (χ1) is 8.86. The molecular formula is C12H20N4O2. The monoisotopic (exact) mass is 252 g/mol. The molecule has 0 spiro atoms. The fourth-order valence-corrected chi connectivity index (χ4v) is 2.56. The average Bonchev–Trinajstić information content (AvgIpc) is 3.09. The summed E-state index contributed by atoms with van der Waals surface area (Å²) in [6.07, 6.45) is 2.21. The molecule has 1 N–H and O–H groups in total. The maximum atomic E-state index is 5.72. The van der Waals surface area contributed by atoms with Crippen molar-refractivity contribution in [2.45, 2.75) is 31.9 Å². The molecule has 0 bridgehead atoms. The van der Waals surface area contributed by atoms with Crippen LogP contribution in [0.25, 0.3) is 0 Å². The molecule has 2 aliphatic heterocycles. The second-order valence-electron chi connectivity index (χ2n) is 4.89. The number of nitrogens with one attached hydrogen (secondary N) is 1. The molecule has 0 aliphatic carbocycles. The first kappa shape index (κ1) is 12.1. The predicted octanol–water partition coefficient (Wildman–Crippen LogP) is 0.887. The van der Waals surface area contributed by atoms with Crippen LogP contribution in [-0.2, 0) is 4.74 Å². The van der Waals surface area contributed by atoms with E-state index in [1.54, 1.807) is 0 Å². The molecule has 6 nitrogen and oxygen atoms in total. The Kier molecular flexibility index (Phi) is 3.58. The minimum absolute atomic E-state index is 0.0439. The van der Waals surface area contributed by atoms with E-state index in [2.05, 4.69) is 27.3 Å². The molecule has 6 heteroatoms. The Morgan fingerprint density at radius 3 is 3.22 bits per heavy atom. The number of ether oxygens (including phenoxy) is 1. The van der Waals surface area contributed by atoms with Gasteiger partial charge in [0.1, 0.15) is 6.10 Å². The van der Waals surface area contributed by atoms with E-state index < -0.39 is 0 Å². The summed E-state index contributed by atoms with van der Waals surface area (Å²) in [6, 6.07) is 0.233. The highest BCUT2D eigenvalue weighted by molar-refractivity contribution is 4.99. The number of morpholine rings is 1. The van der Waals surface area contributed by atoms with Gasteiger partial charge in [-0.05, 0) is 25.9 Å². The zero-order chi connectivity index (χ0) is 12.4. The van der Waals surface area contributed by atoms with Crippen molar-refractivity contribution in [2.75, 3.05) is 32.8 Å². The van der Waals surface area contributed by atoms with Crippen LogP contribution in [0.3, 0.4) is 0 Å². The Hall–Kier alpha value is -0.980. The summed E-state index contributed by atoms with van der Waals surface area (Å²) in [4.78, 5) is 6.84. The van der Waals surface area contributed by atoms with Gasteiger partial charge in [0, 0.05) is 13.1 Å². The molecule has 2 saturated heterocycles. The van der Waals surface area contributed by atoms with Crippen LogP contribution in [0.5, 0.6) is 0 Å². The van der Waals surface area contributed by atoms with Gasteiger partial charge in [0.15, 0.2) is 0 Å². The van der Waals surface area contributed by atoms with Crippen LogP contribution in [-0.4, -0.2) is 47.8 Å². The molecular weight excluding hydrogens is 232 g/mol. The molecule has 2 fully saturated rings. The van der Waals surface area contributed by atoms with E-state index in [0.717, 1.165) is 39.2 Å². The van der Waals surface area contributed by atoms with Gasteiger partial charge >= 0.3 is 0 Å². The Bertz CT molecular complexity index is 389. The number of hydrogen-bond acceptors (Lipinski definition) is 6. The minimum atomic E-state index is -0.0439. The van der Waals surface area contributed by atoms with Crippen molar-refractivity contribution in [1.82, 2.24) is 20.4 Å². The predicted molar refractivity (Wildman–Crippen MR) is 65.1 cm³/mol. The lowest BCUT2D eigenvalue weighted by Gasteiger charge is -2.30. The van der Waals surface area contributed by atoms with E-state index in [-0.39, 0.29) is 12.1 Å². The third-order valence-corrected chi connectivity index (χ3v) is 3.70. The van der Waals surface area contributed by atoms with Crippen molar-refractivity contribution in [3.05, 3.63) is 11.7 Å². The Morgan fingerprint density at radius 2 is 2.44 bits per heavy atom. The number of nitrogens with zero attached hydrogens (tertiary/aromatic N) is 3. The minimum Gasteiger partial charge on any atom is -0.367 e. The van der Waals surface area contributed by atoms with E-state index in [0.29, 0.717) is 11.7 Å². The molecule has 0 saturated carbocycles. The lowest BCUT2D eigenvalue weighted by Crippen LogP contribution is -2.38. The van der Waals surface area contributed by atoms with Gasteiger partial charge in [0.2, 0.25) is 11.7 Å². The number of aromatic nitrogens is 2. The summed E-state index contributed by atoms with van der Waals surface area (Å²) in [6.45, 7) is 6.81. The second-order valence-corrected chi connectivity index (χ2v) is 4.89. The van der Waals surface area contributed by atoms with E-state index in [9.17, 15) is 0 Å². The maximum Gasteiger partial charge on any atom is 0.243 e. The van der Waals surface area contributed by atoms with Crippen LogP contribution >= 0.6 is 0 Å². The summed E-state index contributed by atoms with van der Waals surface area (Å²) in [7, 11) is 0. The molecule has 1 aromatic rings. The van der Waals surface area contributed by atoms with E-state index in [4.69, 9.17) is 9.26 Å². The largest absolute Gasteiger partial charge is 0.367 e. The molecule has 3 rings (SSSR count). The molecule has 100 valence electrons. The zero-order valence-electron chi connectivity index (χ0n) is 10.8.